The maximum absolute atomic E-state index is 12.5. The Morgan fingerprint density at radius 1 is 1.08 bits per heavy atom. The van der Waals surface area contributed by atoms with Gasteiger partial charge in [0.15, 0.2) is 6.61 Å². The number of fused-ring (bicyclic) bond motifs is 1. The Labute approximate surface area is 156 Å². The monoisotopic (exact) mass is 368 g/mol. The molecule has 0 aliphatic carbocycles. The third-order valence-electron chi connectivity index (χ3n) is 3.52. The SMILES string of the molecule is CC(C)(C)NC(=O)COC(=O)c1ccccc1-c1nc2ccccc2s1. The van der Waals surface area contributed by atoms with Crippen molar-refractivity contribution in [2.45, 2.75) is 26.3 Å². The van der Waals surface area contributed by atoms with Crippen LogP contribution in [0.25, 0.3) is 20.8 Å². The number of nitrogens with zero attached hydrogens (tertiary/aromatic N) is 1. The van der Waals surface area contributed by atoms with Crippen molar-refractivity contribution in [3.63, 3.8) is 0 Å². The van der Waals surface area contributed by atoms with Crippen LogP contribution in [0.15, 0.2) is 48.5 Å². The number of rotatable bonds is 4. The van der Waals surface area contributed by atoms with Crippen LogP contribution < -0.4 is 5.32 Å². The summed E-state index contributed by atoms with van der Waals surface area (Å²) in [4.78, 5) is 29.0. The lowest BCUT2D eigenvalue weighted by Gasteiger charge is -2.20. The molecule has 0 radical (unpaired) electrons. The highest BCUT2D eigenvalue weighted by Gasteiger charge is 2.19. The van der Waals surface area contributed by atoms with E-state index in [0.29, 0.717) is 11.1 Å². The second kappa shape index (κ2) is 7.25. The number of nitrogens with one attached hydrogen (secondary N) is 1. The summed E-state index contributed by atoms with van der Waals surface area (Å²) in [6.07, 6.45) is 0. The van der Waals surface area contributed by atoms with E-state index in [1.165, 1.54) is 11.3 Å². The zero-order valence-electron chi connectivity index (χ0n) is 14.9. The fourth-order valence-corrected chi connectivity index (χ4v) is 3.50. The summed E-state index contributed by atoms with van der Waals surface area (Å²) in [5, 5.41) is 3.51. The Bertz CT molecular complexity index is 924. The minimum absolute atomic E-state index is 0.315. The lowest BCUT2D eigenvalue weighted by Crippen LogP contribution is -2.42. The number of esters is 1. The van der Waals surface area contributed by atoms with E-state index < -0.39 is 5.97 Å². The molecule has 3 aromatic rings. The summed E-state index contributed by atoms with van der Waals surface area (Å²) < 4.78 is 6.25. The van der Waals surface area contributed by atoms with Crippen LogP contribution in [0.4, 0.5) is 0 Å². The van der Waals surface area contributed by atoms with Crippen molar-refractivity contribution < 1.29 is 14.3 Å². The molecule has 2 aromatic carbocycles. The van der Waals surface area contributed by atoms with E-state index >= 15 is 0 Å². The molecule has 0 saturated carbocycles. The average molecular weight is 368 g/mol. The maximum atomic E-state index is 12.5. The van der Waals surface area contributed by atoms with Crippen LogP contribution in [0.3, 0.4) is 0 Å². The van der Waals surface area contributed by atoms with Gasteiger partial charge in [0.25, 0.3) is 5.91 Å². The molecule has 0 spiro atoms. The first kappa shape index (κ1) is 18.1. The molecule has 5 nitrogen and oxygen atoms in total. The molecule has 0 aliphatic heterocycles. The average Bonchev–Trinajstić information content (AvgIpc) is 3.02. The molecule has 0 saturated heterocycles. The number of aromatic nitrogens is 1. The van der Waals surface area contributed by atoms with E-state index in [2.05, 4.69) is 10.3 Å². The fourth-order valence-electron chi connectivity index (χ4n) is 2.50. The van der Waals surface area contributed by atoms with E-state index in [1.54, 1.807) is 12.1 Å². The van der Waals surface area contributed by atoms with E-state index in [9.17, 15) is 9.59 Å². The molecule has 0 bridgehead atoms. The standard InChI is InChI=1S/C20H20N2O3S/c1-20(2,3)22-17(23)12-25-19(24)14-9-5-4-8-13(14)18-21-15-10-6-7-11-16(15)26-18/h4-11H,12H2,1-3H3,(H,22,23). The van der Waals surface area contributed by atoms with Gasteiger partial charge in [-0.1, -0.05) is 30.3 Å². The lowest BCUT2D eigenvalue weighted by molar-refractivity contribution is -0.125. The predicted molar refractivity (Wildman–Crippen MR) is 103 cm³/mol. The van der Waals surface area contributed by atoms with Gasteiger partial charge < -0.3 is 10.1 Å². The number of hydrogen-bond donors (Lipinski definition) is 1. The molecule has 134 valence electrons. The van der Waals surface area contributed by atoms with Gasteiger partial charge in [-0.2, -0.15) is 0 Å². The highest BCUT2D eigenvalue weighted by molar-refractivity contribution is 7.21. The minimum atomic E-state index is -0.538. The fraction of sp³-hybridized carbons (Fsp3) is 0.250. The van der Waals surface area contributed by atoms with Gasteiger partial charge in [0.1, 0.15) is 5.01 Å². The van der Waals surface area contributed by atoms with Gasteiger partial charge in [0.05, 0.1) is 15.8 Å². The normalized spacial score (nSPS) is 11.3. The second-order valence-electron chi connectivity index (χ2n) is 6.91. The summed E-state index contributed by atoms with van der Waals surface area (Å²) in [5.41, 5.74) is 1.62. The zero-order chi connectivity index (χ0) is 18.7. The molecular formula is C20H20N2O3S. The number of carbonyl (C=O) groups is 2. The summed E-state index contributed by atoms with van der Waals surface area (Å²) in [7, 11) is 0. The first-order chi connectivity index (χ1) is 12.3. The van der Waals surface area contributed by atoms with Crippen LogP contribution >= 0.6 is 11.3 Å². The van der Waals surface area contributed by atoms with Crippen molar-refractivity contribution in [3.05, 3.63) is 54.1 Å². The van der Waals surface area contributed by atoms with Crippen LogP contribution in [-0.4, -0.2) is 29.0 Å². The van der Waals surface area contributed by atoms with E-state index in [-0.39, 0.29) is 18.1 Å². The Morgan fingerprint density at radius 3 is 2.50 bits per heavy atom. The highest BCUT2D eigenvalue weighted by atomic mass is 32.1. The number of thiazole rings is 1. The van der Waals surface area contributed by atoms with Crippen LogP contribution in [-0.2, 0) is 9.53 Å². The molecule has 0 unspecified atom stereocenters. The smallest absolute Gasteiger partial charge is 0.339 e. The third-order valence-corrected chi connectivity index (χ3v) is 4.59. The topological polar surface area (TPSA) is 68.3 Å². The summed E-state index contributed by atoms with van der Waals surface area (Å²) in [6, 6.07) is 15.0. The largest absolute Gasteiger partial charge is 0.452 e. The van der Waals surface area contributed by atoms with Gasteiger partial charge in [0.2, 0.25) is 0 Å². The van der Waals surface area contributed by atoms with Crippen molar-refractivity contribution in [2.24, 2.45) is 0 Å². The molecule has 0 fully saturated rings. The molecule has 6 heteroatoms. The van der Waals surface area contributed by atoms with Crippen LogP contribution in [0.1, 0.15) is 31.1 Å². The summed E-state index contributed by atoms with van der Waals surface area (Å²) in [5.74, 6) is -0.868. The molecule has 1 heterocycles. The number of carbonyl (C=O) groups excluding carboxylic acids is 2. The van der Waals surface area contributed by atoms with Gasteiger partial charge in [0, 0.05) is 11.1 Å². The van der Waals surface area contributed by atoms with Crippen molar-refractivity contribution in [2.75, 3.05) is 6.61 Å². The minimum Gasteiger partial charge on any atom is -0.452 e. The van der Waals surface area contributed by atoms with Crippen LogP contribution in [0, 0.1) is 0 Å². The van der Waals surface area contributed by atoms with Crippen molar-refractivity contribution in [1.29, 1.82) is 0 Å². The predicted octanol–water partition coefficient (Wildman–Crippen LogP) is 4.03. The van der Waals surface area contributed by atoms with Crippen molar-refractivity contribution in [3.8, 4) is 10.6 Å². The second-order valence-corrected chi connectivity index (χ2v) is 7.94. The number of hydrogen-bond acceptors (Lipinski definition) is 5. The maximum Gasteiger partial charge on any atom is 0.339 e. The molecular weight excluding hydrogens is 348 g/mol. The summed E-state index contributed by atoms with van der Waals surface area (Å²) in [6.45, 7) is 5.30. The number of benzene rings is 2. The van der Waals surface area contributed by atoms with Gasteiger partial charge in [-0.05, 0) is 39.0 Å². The Kier molecular flexibility index (Phi) is 5.04. The zero-order valence-corrected chi connectivity index (χ0v) is 15.7. The van der Waals surface area contributed by atoms with E-state index in [0.717, 1.165) is 15.2 Å². The van der Waals surface area contributed by atoms with Crippen LogP contribution in [0.5, 0.6) is 0 Å². The Balaban J connectivity index is 1.80. The number of ether oxygens (including phenoxy) is 1. The van der Waals surface area contributed by atoms with Crippen molar-refractivity contribution >= 4 is 33.4 Å². The van der Waals surface area contributed by atoms with Gasteiger partial charge in [-0.25, -0.2) is 9.78 Å². The van der Waals surface area contributed by atoms with Gasteiger partial charge in [-0.3, -0.25) is 4.79 Å². The van der Waals surface area contributed by atoms with E-state index in [4.69, 9.17) is 4.74 Å². The van der Waals surface area contributed by atoms with Crippen LogP contribution in [0.2, 0.25) is 0 Å². The Morgan fingerprint density at radius 2 is 1.77 bits per heavy atom. The molecule has 26 heavy (non-hydrogen) atoms. The van der Waals surface area contributed by atoms with Gasteiger partial charge in [-0.15, -0.1) is 11.3 Å². The molecule has 0 aliphatic rings. The third kappa shape index (κ3) is 4.26. The highest BCUT2D eigenvalue weighted by Crippen LogP contribution is 2.32. The van der Waals surface area contributed by atoms with Gasteiger partial charge >= 0.3 is 5.97 Å². The quantitative estimate of drug-likeness (QED) is 0.706. The molecule has 1 amide bonds. The number of para-hydroxylation sites is 1. The van der Waals surface area contributed by atoms with E-state index in [1.807, 2.05) is 57.2 Å². The lowest BCUT2D eigenvalue weighted by atomic mass is 10.1. The molecule has 1 N–H and O–H groups in total. The molecule has 3 rings (SSSR count). The molecule has 1 aromatic heterocycles. The Hall–Kier alpha value is -2.73. The first-order valence-electron chi connectivity index (χ1n) is 8.26. The summed E-state index contributed by atoms with van der Waals surface area (Å²) >= 11 is 1.52. The van der Waals surface area contributed by atoms with Crippen molar-refractivity contribution in [1.82, 2.24) is 10.3 Å². The number of amides is 1. The first-order valence-corrected chi connectivity index (χ1v) is 9.08. The molecule has 0 atom stereocenters.